The Morgan fingerprint density at radius 2 is 2.11 bits per heavy atom. The Morgan fingerprint density at radius 3 is 2.79 bits per heavy atom. The highest BCUT2D eigenvalue weighted by Crippen LogP contribution is 2.22. The van der Waals surface area contributed by atoms with E-state index in [1.165, 1.54) is 5.56 Å². The Bertz CT molecular complexity index is 726. The molecule has 0 aliphatic rings. The van der Waals surface area contributed by atoms with Crippen LogP contribution in [-0.2, 0) is 13.5 Å². The molecule has 0 saturated carbocycles. The molecular weight excluding hydrogens is 260 g/mol. The summed E-state index contributed by atoms with van der Waals surface area (Å²) in [5.74, 6) is 2.39. The minimum Gasteiger partial charge on any atom is -0.279 e. The lowest BCUT2D eigenvalue weighted by Gasteiger charge is -2.04. The van der Waals surface area contributed by atoms with Gasteiger partial charge in [-0.1, -0.05) is 6.07 Å². The third-order valence-corrected chi connectivity index (χ3v) is 3.32. The van der Waals surface area contributed by atoms with Gasteiger partial charge in [-0.15, -0.1) is 11.6 Å². The highest BCUT2D eigenvalue weighted by molar-refractivity contribution is 6.17. The van der Waals surface area contributed by atoms with Crippen molar-refractivity contribution in [1.29, 1.82) is 0 Å². The van der Waals surface area contributed by atoms with Gasteiger partial charge in [0.1, 0.15) is 5.82 Å². The predicted molar refractivity (Wildman–Crippen MR) is 77.0 cm³/mol. The predicted octanol–water partition coefficient (Wildman–Crippen LogP) is 2.85. The average Bonchev–Trinajstić information content (AvgIpc) is 2.92. The van der Waals surface area contributed by atoms with Gasteiger partial charge in [0, 0.05) is 31.6 Å². The molecule has 0 aliphatic carbocycles. The van der Waals surface area contributed by atoms with E-state index >= 15 is 0 Å². The Morgan fingerprint density at radius 1 is 1.26 bits per heavy atom. The van der Waals surface area contributed by atoms with Crippen molar-refractivity contribution < 1.29 is 0 Å². The fraction of sp³-hybridized carbons (Fsp3) is 0.286. The van der Waals surface area contributed by atoms with E-state index in [1.807, 2.05) is 19.3 Å². The number of fused-ring (bicyclic) bond motifs is 1. The standard InChI is InChI=1S/C14H15ClN4/c1-10-3-4-12-11(9-10)16-13(5-7-15)19(12)14-6-8-18(2)17-14/h3-4,6,8-9H,5,7H2,1-2H3. The molecule has 0 spiro atoms. The summed E-state index contributed by atoms with van der Waals surface area (Å²) in [7, 11) is 1.91. The highest BCUT2D eigenvalue weighted by Gasteiger charge is 2.13. The number of aryl methyl sites for hydroxylation is 3. The van der Waals surface area contributed by atoms with E-state index in [0.29, 0.717) is 5.88 Å². The molecule has 0 bridgehead atoms. The van der Waals surface area contributed by atoms with Crippen LogP contribution in [0, 0.1) is 6.92 Å². The van der Waals surface area contributed by atoms with Crippen molar-refractivity contribution in [3.63, 3.8) is 0 Å². The fourth-order valence-electron chi connectivity index (χ4n) is 2.27. The molecule has 0 aliphatic heterocycles. The zero-order valence-electron chi connectivity index (χ0n) is 11.0. The summed E-state index contributed by atoms with van der Waals surface area (Å²) < 4.78 is 3.87. The molecule has 5 heteroatoms. The van der Waals surface area contributed by atoms with E-state index in [2.05, 4.69) is 39.8 Å². The molecule has 3 aromatic rings. The molecule has 4 nitrogen and oxygen atoms in total. The fourth-order valence-corrected chi connectivity index (χ4v) is 2.44. The summed E-state index contributed by atoms with van der Waals surface area (Å²) in [4.78, 5) is 4.68. The highest BCUT2D eigenvalue weighted by atomic mass is 35.5. The SMILES string of the molecule is Cc1ccc2c(c1)nc(CCCl)n2-c1ccn(C)n1. The van der Waals surface area contributed by atoms with Crippen molar-refractivity contribution in [3.8, 4) is 5.82 Å². The quantitative estimate of drug-likeness (QED) is 0.689. The normalized spacial score (nSPS) is 11.3. The van der Waals surface area contributed by atoms with Crippen molar-refractivity contribution in [2.24, 2.45) is 7.05 Å². The summed E-state index contributed by atoms with van der Waals surface area (Å²) in [5, 5.41) is 4.47. The molecule has 0 fully saturated rings. The summed E-state index contributed by atoms with van der Waals surface area (Å²) in [6.45, 7) is 2.07. The molecule has 19 heavy (non-hydrogen) atoms. The van der Waals surface area contributed by atoms with Crippen LogP contribution in [0.4, 0.5) is 0 Å². The minimum absolute atomic E-state index is 0.551. The first-order valence-electron chi connectivity index (χ1n) is 6.23. The first-order chi connectivity index (χ1) is 9.19. The summed E-state index contributed by atoms with van der Waals surface area (Å²) in [6.07, 6.45) is 2.66. The van der Waals surface area contributed by atoms with E-state index in [-0.39, 0.29) is 0 Å². The maximum Gasteiger partial charge on any atom is 0.160 e. The van der Waals surface area contributed by atoms with Crippen LogP contribution in [0.15, 0.2) is 30.5 Å². The lowest BCUT2D eigenvalue weighted by molar-refractivity contribution is 0.746. The number of hydrogen-bond acceptors (Lipinski definition) is 2. The van der Waals surface area contributed by atoms with Gasteiger partial charge >= 0.3 is 0 Å². The van der Waals surface area contributed by atoms with E-state index in [4.69, 9.17) is 11.6 Å². The number of imidazole rings is 1. The van der Waals surface area contributed by atoms with E-state index in [1.54, 1.807) is 4.68 Å². The van der Waals surface area contributed by atoms with Crippen LogP contribution in [-0.4, -0.2) is 25.2 Å². The molecule has 98 valence electrons. The topological polar surface area (TPSA) is 35.6 Å². The van der Waals surface area contributed by atoms with Crippen LogP contribution in [0.5, 0.6) is 0 Å². The number of alkyl halides is 1. The third-order valence-electron chi connectivity index (χ3n) is 3.13. The molecular formula is C14H15ClN4. The van der Waals surface area contributed by atoms with Gasteiger partial charge in [0.05, 0.1) is 11.0 Å². The second kappa shape index (κ2) is 4.70. The van der Waals surface area contributed by atoms with Crippen molar-refractivity contribution in [1.82, 2.24) is 19.3 Å². The lowest BCUT2D eigenvalue weighted by atomic mass is 10.2. The Balaban J connectivity index is 2.27. The molecule has 0 unspecified atom stereocenters. The molecule has 0 saturated heterocycles. The lowest BCUT2D eigenvalue weighted by Crippen LogP contribution is -2.03. The van der Waals surface area contributed by atoms with Gasteiger partial charge < -0.3 is 0 Å². The molecule has 2 aromatic heterocycles. The van der Waals surface area contributed by atoms with Gasteiger partial charge in [-0.25, -0.2) is 4.98 Å². The first kappa shape index (κ1) is 12.2. The molecule has 2 heterocycles. The smallest absolute Gasteiger partial charge is 0.160 e. The summed E-state index contributed by atoms with van der Waals surface area (Å²) in [5.41, 5.74) is 3.27. The second-order valence-corrected chi connectivity index (χ2v) is 5.02. The number of aromatic nitrogens is 4. The van der Waals surface area contributed by atoms with Crippen LogP contribution in [0.3, 0.4) is 0 Å². The van der Waals surface area contributed by atoms with Crippen LogP contribution in [0.25, 0.3) is 16.9 Å². The number of nitrogens with zero attached hydrogens (tertiary/aromatic N) is 4. The molecule has 0 atom stereocenters. The zero-order valence-corrected chi connectivity index (χ0v) is 11.7. The largest absolute Gasteiger partial charge is 0.279 e. The number of hydrogen-bond donors (Lipinski definition) is 0. The first-order valence-corrected chi connectivity index (χ1v) is 6.76. The number of halogens is 1. The van der Waals surface area contributed by atoms with Gasteiger partial charge in [-0.3, -0.25) is 9.25 Å². The summed E-state index contributed by atoms with van der Waals surface area (Å²) >= 11 is 5.88. The maximum atomic E-state index is 5.88. The van der Waals surface area contributed by atoms with Crippen molar-refractivity contribution in [2.45, 2.75) is 13.3 Å². The van der Waals surface area contributed by atoms with Crippen molar-refractivity contribution >= 4 is 22.6 Å². The molecule has 3 rings (SSSR count). The zero-order chi connectivity index (χ0) is 13.4. The van der Waals surface area contributed by atoms with Crippen LogP contribution in [0.2, 0.25) is 0 Å². The van der Waals surface area contributed by atoms with Gasteiger partial charge in [-0.05, 0) is 24.6 Å². The Hall–Kier alpha value is -1.81. The van der Waals surface area contributed by atoms with E-state index < -0.39 is 0 Å². The maximum absolute atomic E-state index is 5.88. The second-order valence-electron chi connectivity index (χ2n) is 4.64. The molecule has 0 amide bonds. The molecule has 0 radical (unpaired) electrons. The average molecular weight is 275 g/mol. The van der Waals surface area contributed by atoms with Gasteiger partial charge in [0.15, 0.2) is 5.82 Å². The van der Waals surface area contributed by atoms with E-state index in [0.717, 1.165) is 29.1 Å². The van der Waals surface area contributed by atoms with E-state index in [9.17, 15) is 0 Å². The van der Waals surface area contributed by atoms with Gasteiger partial charge in [-0.2, -0.15) is 5.10 Å². The third kappa shape index (κ3) is 2.12. The Kier molecular flexibility index (Phi) is 3.03. The van der Waals surface area contributed by atoms with Crippen molar-refractivity contribution in [2.75, 3.05) is 5.88 Å². The minimum atomic E-state index is 0.551. The van der Waals surface area contributed by atoms with Crippen molar-refractivity contribution in [3.05, 3.63) is 41.9 Å². The summed E-state index contributed by atoms with van der Waals surface area (Å²) in [6, 6.07) is 8.25. The Labute approximate surface area is 116 Å². The van der Waals surface area contributed by atoms with Gasteiger partial charge in [0.25, 0.3) is 0 Å². The number of rotatable bonds is 3. The van der Waals surface area contributed by atoms with Crippen LogP contribution in [0.1, 0.15) is 11.4 Å². The van der Waals surface area contributed by atoms with Gasteiger partial charge in [0.2, 0.25) is 0 Å². The molecule has 0 N–H and O–H groups in total. The van der Waals surface area contributed by atoms with Crippen LogP contribution >= 0.6 is 11.6 Å². The van der Waals surface area contributed by atoms with Crippen LogP contribution < -0.4 is 0 Å². The monoisotopic (exact) mass is 274 g/mol. The number of benzene rings is 1. The molecule has 1 aromatic carbocycles.